The van der Waals surface area contributed by atoms with Crippen LogP contribution in [0.2, 0.25) is 0 Å². The molecular weight excluding hydrogens is 1940 g/mol. The van der Waals surface area contributed by atoms with Crippen molar-refractivity contribution in [1.29, 1.82) is 0 Å². The summed E-state index contributed by atoms with van der Waals surface area (Å²) in [4.78, 5) is 30.3. The van der Waals surface area contributed by atoms with E-state index in [1.807, 2.05) is 249 Å². The third-order valence-corrected chi connectivity index (χ3v) is 31.9. The van der Waals surface area contributed by atoms with Crippen molar-refractivity contribution in [2.45, 2.75) is 56.1 Å². The zero-order chi connectivity index (χ0) is 91.5. The monoisotopic (exact) mass is 2060 g/mol. The Kier molecular flexibility index (Phi) is 66.2. The number of halogens is 2. The molecule has 0 aromatic heterocycles. The lowest BCUT2D eigenvalue weighted by Crippen LogP contribution is -2.40. The van der Waals surface area contributed by atoms with Crippen molar-refractivity contribution < 1.29 is 66.6 Å². The molecule has 0 aliphatic carbocycles. The van der Waals surface area contributed by atoms with E-state index in [-0.39, 0.29) is 26.2 Å². The molecule has 3 aliphatic rings. The smallest absolute Gasteiger partial charge is 0.334 e. The quantitative estimate of drug-likeness (QED) is 0.00953. The average molecular weight is 2070 g/mol. The number of nitrogens with two attached hydrogens (primary N) is 2. The van der Waals surface area contributed by atoms with Crippen LogP contribution in [0.4, 0.5) is 4.79 Å². The first-order valence-corrected chi connectivity index (χ1v) is 53.9. The maximum atomic E-state index is 13.7. The van der Waals surface area contributed by atoms with Crippen LogP contribution < -0.4 is 27.9 Å². The predicted octanol–water partition coefficient (Wildman–Crippen LogP) is 19.4. The van der Waals surface area contributed by atoms with Gasteiger partial charge in [0, 0.05) is 88.8 Å². The number of aliphatic imine (C=N–C) groups is 1. The average Bonchev–Trinajstić information content (AvgIpc) is 1.56. The number of isocyanates is 1. The van der Waals surface area contributed by atoms with E-state index in [1.165, 1.54) is 58.0 Å². The SMILES string of the molecule is CC(C)(C)OO.CO.COP(N=C=O)OC.COP1(=O)N(C)C(=O)NC1(c1ccccc1)c1ccccc1.COP1(=O)N(C)C(=S)NC1(c1ccccc1)c1ccccc1.COP1(=O)N(C)C(N)=NC1(c1ccccc1)c1ccccc1.CP.ClCCl.N.PC(P)(P)P.PC(P)P.PCP.PPC(P)(P)P.[NH2+]=C(c1ccccc1)c1ccccc1. The van der Waals surface area contributed by atoms with Gasteiger partial charge in [-0.05, 0) is 96.5 Å². The van der Waals surface area contributed by atoms with E-state index in [1.54, 1.807) is 39.5 Å². The van der Waals surface area contributed by atoms with Crippen molar-refractivity contribution in [3.8, 4) is 0 Å². The minimum absolute atomic E-state index is 0. The van der Waals surface area contributed by atoms with Gasteiger partial charge in [-0.15, -0.1) is 157 Å². The molecule has 0 bridgehead atoms. The number of hydrogen-bond acceptors (Lipinski definition) is 18. The minimum Gasteiger partial charge on any atom is -0.400 e. The van der Waals surface area contributed by atoms with Crippen LogP contribution in [0.1, 0.15) is 65.3 Å². The lowest BCUT2D eigenvalue weighted by Gasteiger charge is -2.35. The zero-order valence-electron chi connectivity index (χ0n) is 69.6. The second kappa shape index (κ2) is 64.6. The van der Waals surface area contributed by atoms with Crippen molar-refractivity contribution >= 4 is 233 Å². The van der Waals surface area contributed by atoms with Gasteiger partial charge in [0.1, 0.15) is 0 Å². The largest absolute Gasteiger partial charge is 0.400 e. The molecule has 11 rings (SSSR count). The number of nitrogens with one attached hydrogen (secondary N) is 2. The fourth-order valence-electron chi connectivity index (χ4n) is 10.3. The van der Waals surface area contributed by atoms with Crippen LogP contribution in [0.15, 0.2) is 252 Å². The molecule has 18 atom stereocenters. The summed E-state index contributed by atoms with van der Waals surface area (Å²) >= 11 is 14.9. The van der Waals surface area contributed by atoms with E-state index in [0.29, 0.717) is 10.3 Å². The maximum absolute atomic E-state index is 13.7. The molecule has 11 N–H and O–H groups in total. The fourth-order valence-corrected chi connectivity index (χ4v) is 18.5. The summed E-state index contributed by atoms with van der Waals surface area (Å²) < 4.78 is 74.4. The Morgan fingerprint density at radius 3 is 1.02 bits per heavy atom. The number of benzene rings is 8. The van der Waals surface area contributed by atoms with Crippen LogP contribution in [0.3, 0.4) is 0 Å². The highest BCUT2D eigenvalue weighted by Crippen LogP contribution is 2.73. The van der Waals surface area contributed by atoms with Crippen molar-refractivity contribution in [1.82, 2.24) is 30.8 Å². The first kappa shape index (κ1) is 123. The fraction of sp³-hybridized carbons (Fsp3) is 0.293. The van der Waals surface area contributed by atoms with E-state index in [0.717, 1.165) is 71.5 Å². The van der Waals surface area contributed by atoms with Gasteiger partial charge in [-0.1, -0.05) is 233 Å². The number of aliphatic hydroxyl groups is 1. The van der Waals surface area contributed by atoms with Crippen LogP contribution in [0.5, 0.6) is 0 Å². The van der Waals surface area contributed by atoms with Crippen molar-refractivity contribution in [2.24, 2.45) is 15.5 Å². The molecule has 2 saturated heterocycles. The zero-order valence-corrected chi connectivity index (χ0v) is 92.7. The summed E-state index contributed by atoms with van der Waals surface area (Å²) in [7, 11) is 38.8. The maximum Gasteiger partial charge on any atom is 0.334 e. The number of thiocarbonyl (C=S) groups is 1. The number of urea groups is 1. The highest BCUT2D eigenvalue weighted by molar-refractivity contribution is 8.11. The van der Waals surface area contributed by atoms with Crippen LogP contribution in [-0.2, 0) is 61.8 Å². The van der Waals surface area contributed by atoms with Gasteiger partial charge in [-0.3, -0.25) is 38.4 Å². The number of hydrogen-bond donors (Lipinski definition) is 7. The van der Waals surface area contributed by atoms with E-state index >= 15 is 0 Å². The minimum atomic E-state index is -3.51. The Hall–Kier alpha value is -1.17. The Morgan fingerprint density at radius 1 is 0.575 bits per heavy atom. The molecule has 0 spiro atoms. The van der Waals surface area contributed by atoms with Crippen molar-refractivity contribution in [3.05, 3.63) is 287 Å². The number of rotatable bonds is 15. The lowest BCUT2D eigenvalue weighted by atomic mass is 9.98. The van der Waals surface area contributed by atoms with Gasteiger partial charge in [0.15, 0.2) is 21.6 Å². The standard InChI is InChI=1S/C16H18N3O2P.C16H17N2O3P.C16H17N2O2PS.C13H11N.C4H10O2.C3H6NO3P.CH2Cl2.CH4O.CH9P5.CH8P4.CH7P3.CH6P2.CH5P.H3N/c1-19-15(17)18-16(22(19,20)21-2,13-9-5-3-6-10-13)14-11-7-4-8-12-14;1-18-15(19)17-16(22(18,20)21-2,13-9-5-3-6-10-13)14-11-7-4-8-12-14;1-18-15(22)17-16(21(18,19)20-2,13-9-5-3-6-10-13)14-11-7-4-8-12-14;14-13(11-7-3-1-4-8-11)12-9-5-2-6-10-12;1-4(2,3)6-5;1-6-8(7-2)4-3-5;2-1-3;1-2;2-1(3,4)6-5;2-1(3,4)5;2-1(3)4;2-1-3;1-2;/h3-12H,1-2H3,(H2,17,18);3-12H,1-2H3,(H,17,19);3-12H,1-2H3,(H,17,22);1-10,14H;5H,1-3H3;1-2H3;1H2;2H,1H3;6H,2-5H2;2-5H2;1H,2-4H2;1-3H2;2H2,1H3;1H3/p+1. The highest BCUT2D eigenvalue weighted by atomic mass is 35.5. The molecule has 45 heteroatoms. The van der Waals surface area contributed by atoms with Crippen LogP contribution >= 0.6 is 204 Å². The van der Waals surface area contributed by atoms with Gasteiger partial charge in [0.05, 0.1) is 10.9 Å². The van der Waals surface area contributed by atoms with Gasteiger partial charge in [-0.2, -0.15) is 0 Å². The summed E-state index contributed by atoms with van der Waals surface area (Å²) in [6, 6.07) is 76.4. The Morgan fingerprint density at radius 2 is 0.808 bits per heavy atom. The Bertz CT molecular complexity index is 4040. The molecule has 2 fully saturated rings. The molecule has 23 nitrogen and oxygen atoms in total. The van der Waals surface area contributed by atoms with Crippen molar-refractivity contribution in [2.75, 3.05) is 81.7 Å². The lowest BCUT2D eigenvalue weighted by molar-refractivity contribution is -0.306. The van der Waals surface area contributed by atoms with Crippen LogP contribution in [-0.4, -0.2) is 154 Å². The molecular formula is C75H124Cl2N10O13P19S+. The summed E-state index contributed by atoms with van der Waals surface area (Å²) in [5, 5.41) is 24.9. The third-order valence-electron chi connectivity index (χ3n) is 15.2. The van der Waals surface area contributed by atoms with E-state index < -0.39 is 58.6 Å². The summed E-state index contributed by atoms with van der Waals surface area (Å²) in [6.07, 6.45) is 1.32. The van der Waals surface area contributed by atoms with Crippen LogP contribution in [0, 0.1) is 0 Å². The Balaban J connectivity index is -0.00000133. The molecule has 666 valence electrons. The number of guanidine groups is 1. The molecule has 8 aromatic rings. The van der Waals surface area contributed by atoms with Gasteiger partial charge >= 0.3 is 37.1 Å². The molecule has 0 saturated carbocycles. The molecule has 2 amide bonds. The number of aliphatic hydroxyl groups excluding tert-OH is 1. The second-order valence-corrected chi connectivity index (χ2v) is 58.2. The van der Waals surface area contributed by atoms with Crippen LogP contribution in [0.25, 0.3) is 0 Å². The summed E-state index contributed by atoms with van der Waals surface area (Å²) in [5.41, 5.74) is 13.3. The van der Waals surface area contributed by atoms with E-state index in [9.17, 15) is 23.3 Å². The topological polar surface area (TPSA) is 326 Å². The summed E-state index contributed by atoms with van der Waals surface area (Å²) in [6.45, 7) is 7.23. The molecule has 18 unspecified atom stereocenters. The molecule has 3 heterocycles. The highest BCUT2D eigenvalue weighted by Gasteiger charge is 2.64. The number of alkyl halides is 2. The normalized spacial score (nSPS) is 17.1. The first-order chi connectivity index (χ1) is 56.1. The van der Waals surface area contributed by atoms with Gasteiger partial charge in [-0.25, -0.2) is 19.5 Å². The number of nitrogens with zero attached hydrogens (tertiary/aromatic N) is 5. The van der Waals surface area contributed by atoms with Gasteiger partial charge < -0.3 is 50.2 Å². The van der Waals surface area contributed by atoms with E-state index in [2.05, 4.69) is 163 Å². The Labute approximate surface area is 764 Å². The number of carbonyl (C=O) groups is 1. The molecule has 0 radical (unpaired) electrons. The van der Waals surface area contributed by atoms with Gasteiger partial charge in [0.25, 0.3) is 0 Å². The summed E-state index contributed by atoms with van der Waals surface area (Å²) in [5.74, 6) is 1.29. The number of amides is 2. The second-order valence-electron chi connectivity index (χ2n) is 24.4. The third kappa shape index (κ3) is 38.9. The number of carbonyl (C=O) groups excluding carboxylic acids is 2. The first-order valence-electron chi connectivity index (χ1n) is 35.0. The predicted molar refractivity (Wildman–Crippen MR) is 569 cm³/mol. The molecule has 8 aromatic carbocycles. The van der Waals surface area contributed by atoms with Gasteiger partial charge in [0.2, 0.25) is 17.1 Å². The van der Waals surface area contributed by atoms with Crippen molar-refractivity contribution in [3.63, 3.8) is 0 Å². The molecule has 3 aliphatic heterocycles. The molecule has 120 heavy (non-hydrogen) atoms. The van der Waals surface area contributed by atoms with E-state index in [4.69, 9.17) is 70.5 Å².